The van der Waals surface area contributed by atoms with Crippen molar-refractivity contribution >= 4 is 0 Å². The van der Waals surface area contributed by atoms with Gasteiger partial charge in [-0.15, -0.1) is 0 Å². The van der Waals surface area contributed by atoms with E-state index in [1.165, 1.54) is 0 Å². The van der Waals surface area contributed by atoms with Crippen LogP contribution in [-0.4, -0.2) is 51.6 Å². The first-order valence-corrected chi connectivity index (χ1v) is 2.93. The molecule has 1 fully saturated rings. The first kappa shape index (κ1) is 7.90. The minimum absolute atomic E-state index is 0.155. The molecular formula is C5H10O5. The van der Waals surface area contributed by atoms with Gasteiger partial charge >= 0.3 is 0 Å². The number of aliphatic hydroxyl groups excluding tert-OH is 3. The predicted octanol–water partition coefficient (Wildman–Crippen LogP) is -2.58. The van der Waals surface area contributed by atoms with Crippen molar-refractivity contribution in [3.05, 3.63) is 0 Å². The number of ether oxygens (including phenoxy) is 1. The van der Waals surface area contributed by atoms with Gasteiger partial charge in [0.1, 0.15) is 12.2 Å². The lowest BCUT2D eigenvalue weighted by Crippen LogP contribution is -2.46. The van der Waals surface area contributed by atoms with Crippen LogP contribution in [0.3, 0.4) is 0 Å². The Balaban J connectivity index is 2.64. The van der Waals surface area contributed by atoms with E-state index < -0.39 is 24.6 Å². The summed E-state index contributed by atoms with van der Waals surface area (Å²) in [5.74, 6) is -1.97. The Hall–Kier alpha value is -0.200. The molecule has 5 nitrogen and oxygen atoms in total. The van der Waals surface area contributed by atoms with Gasteiger partial charge in [0.05, 0.1) is 13.2 Å². The second kappa shape index (κ2) is 2.44. The Morgan fingerprint density at radius 1 is 1.50 bits per heavy atom. The van der Waals surface area contributed by atoms with E-state index in [0.717, 1.165) is 0 Å². The third-order valence-corrected chi connectivity index (χ3v) is 1.56. The fourth-order valence-corrected chi connectivity index (χ4v) is 0.846. The molecule has 1 aliphatic heterocycles. The highest BCUT2D eigenvalue weighted by atomic mass is 16.7. The summed E-state index contributed by atoms with van der Waals surface area (Å²) in [6.45, 7) is -0.872. The van der Waals surface area contributed by atoms with E-state index in [4.69, 9.17) is 20.4 Å². The molecule has 3 atom stereocenters. The zero-order chi connectivity index (χ0) is 7.78. The minimum Gasteiger partial charge on any atom is -0.391 e. The number of hydrogen-bond acceptors (Lipinski definition) is 5. The summed E-state index contributed by atoms with van der Waals surface area (Å²) in [6.07, 6.45) is -2.53. The Morgan fingerprint density at radius 3 is 2.30 bits per heavy atom. The van der Waals surface area contributed by atoms with Crippen LogP contribution in [-0.2, 0) is 4.74 Å². The molecule has 1 saturated heterocycles. The summed E-state index contributed by atoms with van der Waals surface area (Å²) in [5, 5.41) is 35.3. The van der Waals surface area contributed by atoms with Crippen molar-refractivity contribution in [2.75, 3.05) is 13.2 Å². The van der Waals surface area contributed by atoms with E-state index in [1.807, 2.05) is 0 Å². The van der Waals surface area contributed by atoms with Gasteiger partial charge in [-0.05, 0) is 0 Å². The molecular weight excluding hydrogens is 140 g/mol. The van der Waals surface area contributed by atoms with Gasteiger partial charge < -0.3 is 25.2 Å². The summed E-state index contributed by atoms with van der Waals surface area (Å²) in [7, 11) is 0. The van der Waals surface area contributed by atoms with Gasteiger partial charge in [-0.2, -0.15) is 0 Å². The topological polar surface area (TPSA) is 90.2 Å². The highest BCUT2D eigenvalue weighted by molar-refractivity contribution is 4.88. The second-order valence-corrected chi connectivity index (χ2v) is 2.33. The minimum atomic E-state index is -1.97. The lowest BCUT2D eigenvalue weighted by Gasteiger charge is -2.22. The van der Waals surface area contributed by atoms with Crippen LogP contribution in [0.2, 0.25) is 0 Å². The molecule has 0 aliphatic carbocycles. The Kier molecular flexibility index (Phi) is 1.93. The molecule has 5 heteroatoms. The van der Waals surface area contributed by atoms with E-state index in [0.29, 0.717) is 0 Å². The van der Waals surface area contributed by atoms with Gasteiger partial charge in [-0.25, -0.2) is 0 Å². The molecule has 4 N–H and O–H groups in total. The van der Waals surface area contributed by atoms with E-state index in [-0.39, 0.29) is 6.61 Å². The van der Waals surface area contributed by atoms with Crippen LogP contribution >= 0.6 is 0 Å². The maximum absolute atomic E-state index is 9.06. The van der Waals surface area contributed by atoms with Gasteiger partial charge in [0.25, 0.3) is 0 Å². The fraction of sp³-hybridized carbons (Fsp3) is 1.00. The molecule has 0 aromatic rings. The second-order valence-electron chi connectivity index (χ2n) is 2.33. The average Bonchev–Trinajstić information content (AvgIpc) is 2.19. The molecule has 0 amide bonds. The molecule has 0 radical (unpaired) electrons. The molecule has 10 heavy (non-hydrogen) atoms. The first-order chi connectivity index (χ1) is 4.60. The fourth-order valence-electron chi connectivity index (χ4n) is 0.846. The molecule has 60 valence electrons. The van der Waals surface area contributed by atoms with E-state index in [2.05, 4.69) is 4.74 Å². The molecule has 1 rings (SSSR count). The molecule has 1 aliphatic rings. The van der Waals surface area contributed by atoms with Crippen LogP contribution in [0.1, 0.15) is 0 Å². The van der Waals surface area contributed by atoms with Crippen molar-refractivity contribution in [3.63, 3.8) is 0 Å². The van der Waals surface area contributed by atoms with Crippen LogP contribution < -0.4 is 0 Å². The average molecular weight is 150 g/mol. The number of aliphatic hydroxyl groups is 4. The summed E-state index contributed by atoms with van der Waals surface area (Å²) in [6, 6.07) is 0. The van der Waals surface area contributed by atoms with Gasteiger partial charge in [-0.3, -0.25) is 0 Å². The summed E-state index contributed by atoms with van der Waals surface area (Å²) in [4.78, 5) is 0. The Labute approximate surface area is 57.5 Å². The monoisotopic (exact) mass is 150 g/mol. The van der Waals surface area contributed by atoms with Crippen molar-refractivity contribution in [1.82, 2.24) is 0 Å². The molecule has 0 saturated carbocycles. The maximum atomic E-state index is 9.06. The molecule has 0 spiro atoms. The van der Waals surface area contributed by atoms with E-state index in [1.54, 1.807) is 0 Å². The summed E-state index contributed by atoms with van der Waals surface area (Å²) < 4.78 is 4.52. The van der Waals surface area contributed by atoms with Crippen molar-refractivity contribution in [2.45, 2.75) is 18.0 Å². The van der Waals surface area contributed by atoms with Crippen LogP contribution in [0.25, 0.3) is 0 Å². The van der Waals surface area contributed by atoms with E-state index in [9.17, 15) is 0 Å². The molecule has 1 unspecified atom stereocenters. The summed E-state index contributed by atoms with van der Waals surface area (Å²) in [5.41, 5.74) is 0. The normalized spacial score (nSPS) is 48.0. The van der Waals surface area contributed by atoms with Gasteiger partial charge in [0.15, 0.2) is 0 Å². The van der Waals surface area contributed by atoms with Crippen molar-refractivity contribution in [2.24, 2.45) is 0 Å². The first-order valence-electron chi connectivity index (χ1n) is 2.93. The van der Waals surface area contributed by atoms with Gasteiger partial charge in [-0.1, -0.05) is 0 Å². The van der Waals surface area contributed by atoms with Crippen LogP contribution in [0.5, 0.6) is 0 Å². The van der Waals surface area contributed by atoms with Crippen LogP contribution in [0.15, 0.2) is 0 Å². The Morgan fingerprint density at radius 2 is 2.10 bits per heavy atom. The lowest BCUT2D eigenvalue weighted by atomic mass is 10.1. The zero-order valence-electron chi connectivity index (χ0n) is 5.27. The highest BCUT2D eigenvalue weighted by Gasteiger charge is 2.47. The molecule has 1 heterocycles. The largest absolute Gasteiger partial charge is 0.391 e. The van der Waals surface area contributed by atoms with Crippen LogP contribution in [0, 0.1) is 0 Å². The zero-order valence-corrected chi connectivity index (χ0v) is 5.27. The van der Waals surface area contributed by atoms with Crippen LogP contribution in [0.4, 0.5) is 0 Å². The lowest BCUT2D eigenvalue weighted by molar-refractivity contribution is -0.234. The van der Waals surface area contributed by atoms with Gasteiger partial charge in [0.2, 0.25) is 5.79 Å². The van der Waals surface area contributed by atoms with Gasteiger partial charge in [0, 0.05) is 0 Å². The SMILES string of the molecule is OC[C@@]1(O)OC[C@@H](O)C1O. The van der Waals surface area contributed by atoms with E-state index >= 15 is 0 Å². The summed E-state index contributed by atoms with van der Waals surface area (Å²) >= 11 is 0. The predicted molar refractivity (Wildman–Crippen MR) is 30.0 cm³/mol. The third kappa shape index (κ3) is 1.02. The number of rotatable bonds is 1. The quantitative estimate of drug-likeness (QED) is 0.329. The third-order valence-electron chi connectivity index (χ3n) is 1.56. The standard InChI is InChI=1S/C5H10O5/c6-2-5(9)4(8)3(7)1-10-5/h3-4,6-9H,1-2H2/t3-,4?,5-/m1/s1. The smallest absolute Gasteiger partial charge is 0.218 e. The molecule has 0 aromatic carbocycles. The van der Waals surface area contributed by atoms with Crippen molar-refractivity contribution in [3.8, 4) is 0 Å². The highest BCUT2D eigenvalue weighted by Crippen LogP contribution is 2.22. The van der Waals surface area contributed by atoms with Crippen molar-refractivity contribution in [1.29, 1.82) is 0 Å². The maximum Gasteiger partial charge on any atom is 0.218 e. The number of hydrogen-bond donors (Lipinski definition) is 4. The molecule has 0 aromatic heterocycles. The van der Waals surface area contributed by atoms with Crippen molar-refractivity contribution < 1.29 is 25.2 Å². The Bertz CT molecular complexity index is 127. The molecule has 0 bridgehead atoms.